The largest absolute Gasteiger partial charge is 0.478 e. The number of H-pyrrole nitrogens is 1. The van der Waals surface area contributed by atoms with Gasteiger partial charge in [-0.3, -0.25) is 0 Å². The van der Waals surface area contributed by atoms with E-state index in [2.05, 4.69) is 9.97 Å². The Morgan fingerprint density at radius 3 is 2.22 bits per heavy atom. The van der Waals surface area contributed by atoms with E-state index in [4.69, 9.17) is 15.9 Å². The fourth-order valence-electron chi connectivity index (χ4n) is 1.12. The molecule has 2 rings (SSSR count). The molecule has 0 saturated carbocycles. The summed E-state index contributed by atoms with van der Waals surface area (Å²) in [6.45, 7) is 0. The van der Waals surface area contributed by atoms with Crippen LogP contribution in [0, 0.1) is 0 Å². The predicted octanol–water partition coefficient (Wildman–Crippen LogP) is 0.857. The van der Waals surface area contributed by atoms with Crippen LogP contribution in [0.2, 0.25) is 0 Å². The van der Waals surface area contributed by atoms with Crippen molar-refractivity contribution in [1.29, 1.82) is 0 Å². The summed E-state index contributed by atoms with van der Waals surface area (Å²) >= 11 is 0. The van der Waals surface area contributed by atoms with Gasteiger partial charge in [0, 0.05) is 12.2 Å². The Morgan fingerprint density at radius 2 is 1.72 bits per heavy atom. The highest BCUT2D eigenvalue weighted by Gasteiger charge is 1.94. The van der Waals surface area contributed by atoms with Gasteiger partial charge in [0.2, 0.25) is 0 Å². The van der Waals surface area contributed by atoms with E-state index in [0.717, 1.165) is 11.0 Å². The number of anilines is 1. The molecule has 0 amide bonds. The van der Waals surface area contributed by atoms with Crippen LogP contribution in [0.15, 0.2) is 36.4 Å². The zero-order chi connectivity index (χ0) is 13.5. The van der Waals surface area contributed by atoms with Gasteiger partial charge in [-0.2, -0.15) is 0 Å². The first-order valence-electron chi connectivity index (χ1n) is 4.83. The number of imidazole rings is 1. The summed E-state index contributed by atoms with van der Waals surface area (Å²) in [5.74, 6) is -2.04. The van der Waals surface area contributed by atoms with Gasteiger partial charge in [-0.25, -0.2) is 14.6 Å². The van der Waals surface area contributed by atoms with Crippen LogP contribution in [0.25, 0.3) is 11.0 Å². The summed E-state index contributed by atoms with van der Waals surface area (Å²) in [5, 5.41) is 15.6. The molecule has 7 nitrogen and oxygen atoms in total. The molecule has 0 bridgehead atoms. The van der Waals surface area contributed by atoms with Gasteiger partial charge in [-0.1, -0.05) is 12.1 Å². The average Bonchev–Trinajstić information content (AvgIpc) is 2.67. The fraction of sp³-hybridized carbons (Fsp3) is 0. The van der Waals surface area contributed by atoms with Crippen LogP contribution in [-0.2, 0) is 9.59 Å². The number of benzene rings is 1. The Kier molecular flexibility index (Phi) is 4.44. The molecule has 0 radical (unpaired) electrons. The SMILES string of the molecule is Nc1nc2ccccc2[nH]1.O=C(O)/C=C/C(=O)O. The van der Waals surface area contributed by atoms with E-state index in [1.165, 1.54) is 0 Å². The normalized spacial score (nSPS) is 10.0. The molecule has 7 heteroatoms. The number of hydrogen-bond acceptors (Lipinski definition) is 4. The number of nitrogens with one attached hydrogen (secondary N) is 1. The molecule has 0 fully saturated rings. The Labute approximate surface area is 102 Å². The van der Waals surface area contributed by atoms with E-state index in [-0.39, 0.29) is 0 Å². The number of aromatic amines is 1. The van der Waals surface area contributed by atoms with Crippen LogP contribution in [0.3, 0.4) is 0 Å². The van der Waals surface area contributed by atoms with E-state index in [9.17, 15) is 9.59 Å². The Bertz CT molecular complexity index is 540. The third kappa shape index (κ3) is 4.35. The predicted molar refractivity (Wildman–Crippen MR) is 64.9 cm³/mol. The molecule has 0 aliphatic rings. The fourth-order valence-corrected chi connectivity index (χ4v) is 1.12. The summed E-state index contributed by atoms with van der Waals surface area (Å²) in [4.78, 5) is 26.1. The molecule has 0 saturated heterocycles. The van der Waals surface area contributed by atoms with Gasteiger partial charge in [-0.15, -0.1) is 0 Å². The Hall–Kier alpha value is -2.83. The smallest absolute Gasteiger partial charge is 0.328 e. The molecular formula is C11H11N3O4. The molecule has 0 aliphatic carbocycles. The lowest BCUT2D eigenvalue weighted by Gasteiger charge is -1.81. The van der Waals surface area contributed by atoms with Gasteiger partial charge >= 0.3 is 11.9 Å². The van der Waals surface area contributed by atoms with Crippen molar-refractivity contribution >= 4 is 28.9 Å². The molecular weight excluding hydrogens is 238 g/mol. The second-order valence-electron chi connectivity index (χ2n) is 3.15. The van der Waals surface area contributed by atoms with Crippen LogP contribution in [-0.4, -0.2) is 32.1 Å². The van der Waals surface area contributed by atoms with Crippen molar-refractivity contribution in [2.24, 2.45) is 0 Å². The van der Waals surface area contributed by atoms with E-state index in [0.29, 0.717) is 18.1 Å². The average molecular weight is 249 g/mol. The second kappa shape index (κ2) is 6.04. The van der Waals surface area contributed by atoms with Crippen molar-refractivity contribution in [2.75, 3.05) is 5.73 Å². The van der Waals surface area contributed by atoms with Gasteiger partial charge < -0.3 is 20.9 Å². The number of hydrogen-bond donors (Lipinski definition) is 4. The number of nitrogens with two attached hydrogens (primary N) is 1. The van der Waals surface area contributed by atoms with Crippen molar-refractivity contribution in [3.8, 4) is 0 Å². The van der Waals surface area contributed by atoms with Crippen LogP contribution in [0.5, 0.6) is 0 Å². The summed E-state index contributed by atoms with van der Waals surface area (Å²) < 4.78 is 0. The minimum atomic E-state index is -1.26. The number of aliphatic carboxylic acids is 2. The number of nitrogen functional groups attached to an aromatic ring is 1. The summed E-state index contributed by atoms with van der Waals surface area (Å²) in [7, 11) is 0. The van der Waals surface area contributed by atoms with Crippen LogP contribution >= 0.6 is 0 Å². The maximum absolute atomic E-state index is 9.55. The lowest BCUT2D eigenvalue weighted by Crippen LogP contribution is -1.91. The third-order valence-corrected chi connectivity index (χ3v) is 1.78. The Morgan fingerprint density at radius 1 is 1.17 bits per heavy atom. The van der Waals surface area contributed by atoms with Gasteiger partial charge in [0.05, 0.1) is 11.0 Å². The minimum absolute atomic E-state index is 0.473. The first kappa shape index (κ1) is 13.2. The maximum Gasteiger partial charge on any atom is 0.328 e. The summed E-state index contributed by atoms with van der Waals surface area (Å²) in [6, 6.07) is 7.74. The highest BCUT2D eigenvalue weighted by atomic mass is 16.4. The number of nitrogens with zero attached hydrogens (tertiary/aromatic N) is 1. The topological polar surface area (TPSA) is 129 Å². The van der Waals surface area contributed by atoms with Crippen molar-refractivity contribution in [3.63, 3.8) is 0 Å². The number of para-hydroxylation sites is 2. The molecule has 1 aromatic carbocycles. The molecule has 94 valence electrons. The van der Waals surface area contributed by atoms with Gasteiger partial charge in [0.25, 0.3) is 0 Å². The molecule has 0 unspecified atom stereocenters. The highest BCUT2D eigenvalue weighted by Crippen LogP contribution is 2.10. The number of fused-ring (bicyclic) bond motifs is 1. The third-order valence-electron chi connectivity index (χ3n) is 1.78. The van der Waals surface area contributed by atoms with Crippen molar-refractivity contribution in [3.05, 3.63) is 36.4 Å². The van der Waals surface area contributed by atoms with Crippen molar-refractivity contribution in [1.82, 2.24) is 9.97 Å². The maximum atomic E-state index is 9.55. The number of carboxylic acid groups (broad SMARTS) is 2. The van der Waals surface area contributed by atoms with E-state index < -0.39 is 11.9 Å². The molecule has 1 aromatic heterocycles. The standard InChI is InChI=1S/C7H7N3.C4H4O4/c8-7-9-5-3-1-2-4-6(5)10-7;5-3(6)1-2-4(7)8/h1-4H,(H3,8,9,10);1-2H,(H,5,6)(H,7,8)/b;2-1+. The van der Waals surface area contributed by atoms with E-state index >= 15 is 0 Å². The highest BCUT2D eigenvalue weighted by molar-refractivity contribution is 5.89. The molecule has 0 aliphatic heterocycles. The Balaban J connectivity index is 0.000000187. The summed E-state index contributed by atoms with van der Waals surface area (Å²) in [5.41, 5.74) is 7.33. The van der Waals surface area contributed by atoms with Gasteiger partial charge in [0.1, 0.15) is 0 Å². The van der Waals surface area contributed by atoms with E-state index in [1.807, 2.05) is 24.3 Å². The summed E-state index contributed by atoms with van der Waals surface area (Å²) in [6.07, 6.45) is 1.12. The van der Waals surface area contributed by atoms with E-state index in [1.54, 1.807) is 0 Å². The van der Waals surface area contributed by atoms with Gasteiger partial charge in [0.15, 0.2) is 5.95 Å². The quantitative estimate of drug-likeness (QED) is 0.584. The number of carbonyl (C=O) groups is 2. The second-order valence-corrected chi connectivity index (χ2v) is 3.15. The molecule has 0 spiro atoms. The van der Waals surface area contributed by atoms with Crippen molar-refractivity contribution < 1.29 is 19.8 Å². The molecule has 0 atom stereocenters. The molecule has 5 N–H and O–H groups in total. The number of aromatic nitrogens is 2. The number of rotatable bonds is 2. The van der Waals surface area contributed by atoms with Crippen LogP contribution in [0.1, 0.15) is 0 Å². The first-order valence-corrected chi connectivity index (χ1v) is 4.83. The molecule has 2 aromatic rings. The monoisotopic (exact) mass is 249 g/mol. The zero-order valence-corrected chi connectivity index (χ0v) is 9.20. The first-order chi connectivity index (χ1) is 8.49. The number of carboxylic acids is 2. The lowest BCUT2D eigenvalue weighted by atomic mass is 10.3. The molecule has 1 heterocycles. The van der Waals surface area contributed by atoms with Crippen LogP contribution < -0.4 is 5.73 Å². The minimum Gasteiger partial charge on any atom is -0.478 e. The van der Waals surface area contributed by atoms with Crippen LogP contribution in [0.4, 0.5) is 5.95 Å². The lowest BCUT2D eigenvalue weighted by molar-refractivity contribution is -0.134. The van der Waals surface area contributed by atoms with Crippen molar-refractivity contribution in [2.45, 2.75) is 0 Å². The molecule has 18 heavy (non-hydrogen) atoms. The zero-order valence-electron chi connectivity index (χ0n) is 9.20. The van der Waals surface area contributed by atoms with Gasteiger partial charge in [-0.05, 0) is 12.1 Å².